The normalized spacial score (nSPS) is 16.0. The number of rotatable bonds is 2. The van der Waals surface area contributed by atoms with Crippen LogP contribution in [-0.2, 0) is 9.53 Å². The summed E-state index contributed by atoms with van der Waals surface area (Å²) >= 11 is 5.87. The van der Waals surface area contributed by atoms with Crippen LogP contribution in [0.4, 0.5) is 4.79 Å². The van der Waals surface area contributed by atoms with Gasteiger partial charge in [0.1, 0.15) is 5.60 Å². The second-order valence-corrected chi connectivity index (χ2v) is 7.57. The Morgan fingerprint density at radius 2 is 1.56 bits per heavy atom. The topological polar surface area (TPSA) is 49.9 Å². The molecule has 1 saturated heterocycles. The molecular formula is C19H25ClN2O3. The molecule has 5 nitrogen and oxygen atoms in total. The molecule has 1 aromatic carbocycles. The maximum atomic E-state index is 12.6. The van der Waals surface area contributed by atoms with Crippen molar-refractivity contribution in [1.29, 1.82) is 0 Å². The van der Waals surface area contributed by atoms with E-state index in [0.29, 0.717) is 36.8 Å². The van der Waals surface area contributed by atoms with E-state index in [1.165, 1.54) is 0 Å². The van der Waals surface area contributed by atoms with Crippen LogP contribution in [0.5, 0.6) is 0 Å². The lowest BCUT2D eigenvalue weighted by Crippen LogP contribution is -2.51. The van der Waals surface area contributed by atoms with Gasteiger partial charge in [-0.3, -0.25) is 4.79 Å². The highest BCUT2D eigenvalue weighted by Crippen LogP contribution is 2.16. The second kappa shape index (κ2) is 7.91. The average molecular weight is 365 g/mol. The molecule has 0 aliphatic carbocycles. The molecule has 0 unspecified atom stereocenters. The number of carbonyl (C=O) groups is 2. The van der Waals surface area contributed by atoms with Gasteiger partial charge in [-0.25, -0.2) is 4.79 Å². The van der Waals surface area contributed by atoms with Crippen molar-refractivity contribution in [3.63, 3.8) is 0 Å². The summed E-state index contributed by atoms with van der Waals surface area (Å²) in [7, 11) is 0. The number of carbonyl (C=O) groups excluding carboxylic acids is 2. The van der Waals surface area contributed by atoms with Crippen molar-refractivity contribution in [2.24, 2.45) is 0 Å². The van der Waals surface area contributed by atoms with Crippen LogP contribution in [0.1, 0.15) is 33.3 Å². The highest BCUT2D eigenvalue weighted by atomic mass is 35.5. The van der Waals surface area contributed by atoms with Crippen molar-refractivity contribution in [3.8, 4) is 0 Å². The summed E-state index contributed by atoms with van der Waals surface area (Å²) in [5, 5.41) is 0.666. The molecule has 136 valence electrons. The molecule has 0 aromatic heterocycles. The first-order valence-electron chi connectivity index (χ1n) is 8.37. The monoisotopic (exact) mass is 364 g/mol. The van der Waals surface area contributed by atoms with Gasteiger partial charge in [0.25, 0.3) is 0 Å². The van der Waals surface area contributed by atoms with Crippen molar-refractivity contribution in [2.75, 3.05) is 26.2 Å². The van der Waals surface area contributed by atoms with E-state index < -0.39 is 5.60 Å². The zero-order valence-corrected chi connectivity index (χ0v) is 16.0. The molecule has 0 radical (unpaired) electrons. The Kier molecular flexibility index (Phi) is 6.11. The van der Waals surface area contributed by atoms with Crippen molar-refractivity contribution >= 4 is 29.7 Å². The fourth-order valence-electron chi connectivity index (χ4n) is 2.54. The quantitative estimate of drug-likeness (QED) is 0.749. The third-order valence-electron chi connectivity index (χ3n) is 3.81. The molecule has 1 aliphatic heterocycles. The third kappa shape index (κ3) is 5.78. The lowest BCUT2D eigenvalue weighted by molar-refractivity contribution is -0.128. The molecule has 0 N–H and O–H groups in total. The van der Waals surface area contributed by atoms with Crippen LogP contribution < -0.4 is 0 Å². The van der Waals surface area contributed by atoms with Crippen LogP contribution in [0.3, 0.4) is 0 Å². The lowest BCUT2D eigenvalue weighted by atomic mass is 10.1. The number of hydrogen-bond donors (Lipinski definition) is 0. The molecule has 6 heteroatoms. The van der Waals surface area contributed by atoms with Crippen molar-refractivity contribution in [2.45, 2.75) is 33.3 Å². The summed E-state index contributed by atoms with van der Waals surface area (Å²) in [4.78, 5) is 28.1. The van der Waals surface area contributed by atoms with Gasteiger partial charge in [-0.2, -0.15) is 0 Å². The van der Waals surface area contributed by atoms with Crippen molar-refractivity contribution in [1.82, 2.24) is 9.80 Å². The van der Waals surface area contributed by atoms with Crippen LogP contribution >= 0.6 is 11.6 Å². The van der Waals surface area contributed by atoms with Gasteiger partial charge >= 0.3 is 6.09 Å². The van der Waals surface area contributed by atoms with E-state index in [4.69, 9.17) is 16.3 Å². The maximum Gasteiger partial charge on any atom is 0.410 e. The van der Waals surface area contributed by atoms with Crippen molar-refractivity contribution < 1.29 is 14.3 Å². The fraction of sp³-hybridized carbons (Fsp3) is 0.474. The van der Waals surface area contributed by atoms with E-state index in [1.807, 2.05) is 39.0 Å². The highest BCUT2D eigenvalue weighted by molar-refractivity contribution is 6.30. The van der Waals surface area contributed by atoms with Gasteiger partial charge in [0.05, 0.1) is 0 Å². The van der Waals surface area contributed by atoms with Gasteiger partial charge < -0.3 is 14.5 Å². The van der Waals surface area contributed by atoms with Gasteiger partial charge in [-0.1, -0.05) is 23.7 Å². The molecule has 0 bridgehead atoms. The fourth-order valence-corrected chi connectivity index (χ4v) is 2.66. The molecule has 1 fully saturated rings. The zero-order valence-electron chi connectivity index (χ0n) is 15.2. The molecule has 1 aliphatic rings. The minimum Gasteiger partial charge on any atom is -0.444 e. The highest BCUT2D eigenvalue weighted by Gasteiger charge is 2.27. The van der Waals surface area contributed by atoms with E-state index in [0.717, 1.165) is 5.56 Å². The van der Waals surface area contributed by atoms with E-state index in [2.05, 4.69) is 0 Å². The zero-order chi connectivity index (χ0) is 18.6. The van der Waals surface area contributed by atoms with Crippen molar-refractivity contribution in [3.05, 3.63) is 40.4 Å². The molecule has 1 heterocycles. The van der Waals surface area contributed by atoms with E-state index in [-0.39, 0.29) is 12.0 Å². The largest absolute Gasteiger partial charge is 0.444 e. The third-order valence-corrected chi connectivity index (χ3v) is 4.06. The van der Waals surface area contributed by atoms with Gasteiger partial charge in [0.15, 0.2) is 0 Å². The standard InChI is InChI=1S/C19H25ClN2O3/c1-14(13-15-5-7-16(20)8-6-15)17(23)21-9-11-22(12-10-21)18(24)25-19(2,3)4/h5-8,13H,9-12H2,1-4H3/b14-13+. The Labute approximate surface area is 154 Å². The number of benzene rings is 1. The summed E-state index contributed by atoms with van der Waals surface area (Å²) in [6.07, 6.45) is 1.52. The SMILES string of the molecule is C/C(=C\c1ccc(Cl)cc1)C(=O)N1CCN(C(=O)OC(C)(C)C)CC1. The number of hydrogen-bond acceptors (Lipinski definition) is 3. The van der Waals surface area contributed by atoms with Crippen LogP contribution in [0.15, 0.2) is 29.8 Å². The predicted molar refractivity (Wildman–Crippen MR) is 99.5 cm³/mol. The minimum absolute atomic E-state index is 0.0150. The molecule has 0 atom stereocenters. The minimum atomic E-state index is -0.512. The molecule has 1 aromatic rings. The second-order valence-electron chi connectivity index (χ2n) is 7.14. The number of halogens is 1. The first kappa shape index (κ1) is 19.3. The maximum absolute atomic E-state index is 12.6. The molecule has 2 amide bonds. The summed E-state index contributed by atoms with van der Waals surface area (Å²) in [5.74, 6) is -0.0150. The van der Waals surface area contributed by atoms with Gasteiger partial charge in [-0.05, 0) is 51.5 Å². The molecule has 0 spiro atoms. The predicted octanol–water partition coefficient (Wildman–Crippen LogP) is 3.82. The lowest BCUT2D eigenvalue weighted by Gasteiger charge is -2.35. The van der Waals surface area contributed by atoms with E-state index >= 15 is 0 Å². The number of ether oxygens (including phenoxy) is 1. The Balaban J connectivity index is 1.92. The summed E-state index contributed by atoms with van der Waals surface area (Å²) in [6, 6.07) is 7.34. The molecule has 2 rings (SSSR count). The number of amides is 2. The van der Waals surface area contributed by atoms with E-state index in [1.54, 1.807) is 28.9 Å². The van der Waals surface area contributed by atoms with E-state index in [9.17, 15) is 9.59 Å². The molecule has 0 saturated carbocycles. The summed E-state index contributed by atoms with van der Waals surface area (Å²) in [5.41, 5.74) is 1.08. The Morgan fingerprint density at radius 3 is 2.08 bits per heavy atom. The van der Waals surface area contributed by atoms with Crippen LogP contribution in [0.25, 0.3) is 6.08 Å². The molecule has 25 heavy (non-hydrogen) atoms. The Morgan fingerprint density at radius 1 is 1.04 bits per heavy atom. The van der Waals surface area contributed by atoms with Crippen LogP contribution in [0.2, 0.25) is 5.02 Å². The first-order valence-corrected chi connectivity index (χ1v) is 8.74. The Hall–Kier alpha value is -2.01. The van der Waals surface area contributed by atoms with Gasteiger partial charge in [0, 0.05) is 36.8 Å². The van der Waals surface area contributed by atoms with Gasteiger partial charge in [0.2, 0.25) is 5.91 Å². The summed E-state index contributed by atoms with van der Waals surface area (Å²) in [6.45, 7) is 9.30. The number of piperazine rings is 1. The van der Waals surface area contributed by atoms with Crippen LogP contribution in [-0.4, -0.2) is 53.6 Å². The molecular weight excluding hydrogens is 340 g/mol. The first-order chi connectivity index (χ1) is 11.7. The number of nitrogens with zero attached hydrogens (tertiary/aromatic N) is 2. The van der Waals surface area contributed by atoms with Gasteiger partial charge in [-0.15, -0.1) is 0 Å². The average Bonchev–Trinajstić information content (AvgIpc) is 2.55. The summed E-state index contributed by atoms with van der Waals surface area (Å²) < 4.78 is 5.37. The smallest absolute Gasteiger partial charge is 0.410 e. The Bertz CT molecular complexity index is 654. The van der Waals surface area contributed by atoms with Crippen LogP contribution in [0, 0.1) is 0 Å².